The highest BCUT2D eigenvalue weighted by molar-refractivity contribution is 8.03. The highest BCUT2D eigenvalue weighted by Gasteiger charge is 2.14. The Morgan fingerprint density at radius 2 is 1.57 bits per heavy atom. The lowest BCUT2D eigenvalue weighted by Crippen LogP contribution is -2.01. The summed E-state index contributed by atoms with van der Waals surface area (Å²) in [7, 11) is 0. The second-order valence-corrected chi connectivity index (χ2v) is 8.73. The van der Waals surface area contributed by atoms with Crippen molar-refractivity contribution < 1.29 is 4.79 Å². The van der Waals surface area contributed by atoms with Crippen molar-refractivity contribution in [3.8, 4) is 0 Å². The van der Waals surface area contributed by atoms with Crippen LogP contribution in [0.3, 0.4) is 0 Å². The van der Waals surface area contributed by atoms with Crippen LogP contribution in [0.25, 0.3) is 6.08 Å². The number of ketones is 1. The molecule has 3 aromatic carbocycles. The number of allylic oxidation sites excluding steroid dienone is 1. The number of rotatable bonds is 7. The summed E-state index contributed by atoms with van der Waals surface area (Å²) in [5.74, 6) is 0.761. The van der Waals surface area contributed by atoms with E-state index in [4.69, 9.17) is 11.6 Å². The van der Waals surface area contributed by atoms with Crippen molar-refractivity contribution in [3.05, 3.63) is 105 Å². The number of Topliss-reactive ketones (excluding diaryl/α,β-unsaturated/α-hetero) is 1. The molecule has 0 unspecified atom stereocenters. The Kier molecular flexibility index (Phi) is 7.43. The van der Waals surface area contributed by atoms with E-state index in [0.29, 0.717) is 10.6 Å². The number of carbonyl (C=O) groups excluding carboxylic acids is 1. The first kappa shape index (κ1) is 20.8. The summed E-state index contributed by atoms with van der Waals surface area (Å²) in [6.07, 6.45) is 4.03. The van der Waals surface area contributed by atoms with Crippen LogP contribution in [0.1, 0.15) is 27.0 Å². The summed E-state index contributed by atoms with van der Waals surface area (Å²) in [6.45, 7) is 2.07. The number of hydrogen-bond donors (Lipinski definition) is 0. The van der Waals surface area contributed by atoms with Crippen molar-refractivity contribution in [1.82, 2.24) is 0 Å². The summed E-state index contributed by atoms with van der Waals surface area (Å²) in [5, 5.41) is 0.627. The van der Waals surface area contributed by atoms with Gasteiger partial charge >= 0.3 is 0 Å². The minimum absolute atomic E-state index is 0.0164. The van der Waals surface area contributed by atoms with Crippen LogP contribution in [0.15, 0.2) is 82.6 Å². The first-order chi connectivity index (χ1) is 13.5. The summed E-state index contributed by atoms with van der Waals surface area (Å²) in [6, 6.07) is 23.7. The van der Waals surface area contributed by atoms with Gasteiger partial charge in [-0.15, -0.1) is 23.5 Å². The van der Waals surface area contributed by atoms with Crippen LogP contribution in [-0.4, -0.2) is 12.0 Å². The molecule has 4 heteroatoms. The molecular formula is C24H21ClOS2. The van der Waals surface area contributed by atoms with E-state index in [9.17, 15) is 4.79 Å². The Bertz CT molecular complexity index is 959. The van der Waals surface area contributed by atoms with Gasteiger partial charge in [0.2, 0.25) is 0 Å². The van der Waals surface area contributed by atoms with Crippen LogP contribution in [0, 0.1) is 6.92 Å². The summed E-state index contributed by atoms with van der Waals surface area (Å²) >= 11 is 9.25. The second-order valence-electron chi connectivity index (χ2n) is 6.39. The second kappa shape index (κ2) is 10.0. The predicted molar refractivity (Wildman–Crippen MR) is 124 cm³/mol. The van der Waals surface area contributed by atoms with Crippen LogP contribution < -0.4 is 0 Å². The number of thioether (sulfide) groups is 2. The van der Waals surface area contributed by atoms with Gasteiger partial charge < -0.3 is 0 Å². The summed E-state index contributed by atoms with van der Waals surface area (Å²) in [5.41, 5.74) is 4.10. The molecule has 28 heavy (non-hydrogen) atoms. The molecule has 0 aliphatic heterocycles. The lowest BCUT2D eigenvalue weighted by atomic mass is 10.1. The van der Waals surface area contributed by atoms with Crippen molar-refractivity contribution in [2.45, 2.75) is 17.6 Å². The zero-order valence-corrected chi connectivity index (χ0v) is 18.2. The van der Waals surface area contributed by atoms with Crippen LogP contribution >= 0.6 is 35.1 Å². The maximum Gasteiger partial charge on any atom is 0.199 e. The van der Waals surface area contributed by atoms with Gasteiger partial charge in [0.15, 0.2) is 5.78 Å². The molecule has 0 saturated carbocycles. The van der Waals surface area contributed by atoms with E-state index in [0.717, 1.165) is 16.2 Å². The van der Waals surface area contributed by atoms with Gasteiger partial charge in [0.05, 0.1) is 4.91 Å². The van der Waals surface area contributed by atoms with Crippen molar-refractivity contribution >= 4 is 47.0 Å². The van der Waals surface area contributed by atoms with E-state index in [1.807, 2.05) is 18.2 Å². The van der Waals surface area contributed by atoms with Gasteiger partial charge in [0, 0.05) is 21.2 Å². The van der Waals surface area contributed by atoms with E-state index in [1.165, 1.54) is 16.0 Å². The lowest BCUT2D eigenvalue weighted by molar-refractivity contribution is 0.104. The molecule has 0 amide bonds. The highest BCUT2D eigenvalue weighted by atomic mass is 35.5. The molecule has 0 fully saturated rings. The SMILES string of the molecule is CSc1ccc(/C=C(/SCc2ccc(C)cc2)C(=O)c2ccc(Cl)cc2)cc1. The van der Waals surface area contributed by atoms with Gasteiger partial charge in [-0.05, 0) is 66.8 Å². The van der Waals surface area contributed by atoms with Gasteiger partial charge in [-0.2, -0.15) is 0 Å². The third-order valence-corrected chi connectivity index (χ3v) is 6.35. The monoisotopic (exact) mass is 424 g/mol. The van der Waals surface area contributed by atoms with E-state index < -0.39 is 0 Å². The summed E-state index contributed by atoms with van der Waals surface area (Å²) < 4.78 is 0. The van der Waals surface area contributed by atoms with E-state index >= 15 is 0 Å². The number of hydrogen-bond acceptors (Lipinski definition) is 3. The zero-order chi connectivity index (χ0) is 19.9. The van der Waals surface area contributed by atoms with Gasteiger partial charge in [0.25, 0.3) is 0 Å². The molecular weight excluding hydrogens is 404 g/mol. The quantitative estimate of drug-likeness (QED) is 0.221. The first-order valence-corrected chi connectivity index (χ1v) is 11.5. The van der Waals surface area contributed by atoms with Gasteiger partial charge in [-0.3, -0.25) is 4.79 Å². The average Bonchev–Trinajstić information content (AvgIpc) is 2.73. The fourth-order valence-corrected chi connectivity index (χ4v) is 4.13. The average molecular weight is 425 g/mol. The lowest BCUT2D eigenvalue weighted by Gasteiger charge is -2.08. The Balaban J connectivity index is 1.87. The Labute approximate surface area is 180 Å². The third kappa shape index (κ3) is 5.78. The van der Waals surface area contributed by atoms with E-state index in [1.54, 1.807) is 47.8 Å². The molecule has 3 rings (SSSR count). The molecule has 0 aliphatic rings. The molecule has 3 aromatic rings. The highest BCUT2D eigenvalue weighted by Crippen LogP contribution is 2.28. The number of benzene rings is 3. The molecule has 0 spiro atoms. The normalized spacial score (nSPS) is 11.5. The third-order valence-electron chi connectivity index (χ3n) is 4.26. The van der Waals surface area contributed by atoms with Crippen molar-refractivity contribution in [2.75, 3.05) is 6.26 Å². The predicted octanol–water partition coefficient (Wildman–Crippen LogP) is 7.53. The molecule has 0 aromatic heterocycles. The fraction of sp³-hybridized carbons (Fsp3) is 0.125. The van der Waals surface area contributed by atoms with Crippen molar-refractivity contribution in [3.63, 3.8) is 0 Å². The minimum Gasteiger partial charge on any atom is -0.288 e. The molecule has 0 N–H and O–H groups in total. The fourth-order valence-electron chi connectivity index (χ4n) is 2.61. The van der Waals surface area contributed by atoms with E-state index in [2.05, 4.69) is 49.6 Å². The maximum absolute atomic E-state index is 13.1. The number of halogens is 1. The van der Waals surface area contributed by atoms with Crippen molar-refractivity contribution in [1.29, 1.82) is 0 Å². The number of aryl methyl sites for hydroxylation is 1. The maximum atomic E-state index is 13.1. The molecule has 0 heterocycles. The topological polar surface area (TPSA) is 17.1 Å². The van der Waals surface area contributed by atoms with Gasteiger partial charge in [-0.1, -0.05) is 53.6 Å². The molecule has 0 radical (unpaired) electrons. The molecule has 0 saturated heterocycles. The molecule has 0 bridgehead atoms. The van der Waals surface area contributed by atoms with Crippen LogP contribution in [0.4, 0.5) is 0 Å². The molecule has 1 nitrogen and oxygen atoms in total. The van der Waals surface area contributed by atoms with Crippen LogP contribution in [-0.2, 0) is 5.75 Å². The smallest absolute Gasteiger partial charge is 0.199 e. The van der Waals surface area contributed by atoms with Crippen molar-refractivity contribution in [2.24, 2.45) is 0 Å². The van der Waals surface area contributed by atoms with E-state index in [-0.39, 0.29) is 5.78 Å². The molecule has 142 valence electrons. The Morgan fingerprint density at radius 3 is 2.18 bits per heavy atom. The summed E-state index contributed by atoms with van der Waals surface area (Å²) in [4.78, 5) is 15.0. The number of carbonyl (C=O) groups is 1. The van der Waals surface area contributed by atoms with Gasteiger partial charge in [0.1, 0.15) is 0 Å². The zero-order valence-electron chi connectivity index (χ0n) is 15.8. The molecule has 0 aliphatic carbocycles. The first-order valence-electron chi connectivity index (χ1n) is 8.89. The van der Waals surface area contributed by atoms with Gasteiger partial charge in [-0.25, -0.2) is 0 Å². The van der Waals surface area contributed by atoms with Crippen LogP contribution in [0.2, 0.25) is 5.02 Å². The standard InChI is InChI=1S/C24H21ClOS2/c1-17-3-5-19(6-4-17)16-28-23(15-18-7-13-22(27-2)14-8-18)24(26)20-9-11-21(25)12-10-20/h3-15H,16H2,1-2H3/b23-15+. The Hall–Kier alpha value is -1.94. The Morgan fingerprint density at radius 1 is 0.929 bits per heavy atom. The largest absolute Gasteiger partial charge is 0.288 e. The van der Waals surface area contributed by atoms with Crippen LogP contribution in [0.5, 0.6) is 0 Å². The minimum atomic E-state index is 0.0164. The molecule has 0 atom stereocenters.